The Kier molecular flexibility index (Phi) is 6.08. The van der Waals surface area contributed by atoms with Crippen molar-refractivity contribution in [2.75, 3.05) is 25.2 Å². The fourth-order valence-electron chi connectivity index (χ4n) is 2.89. The first kappa shape index (κ1) is 18.9. The Labute approximate surface area is 157 Å². The molecule has 0 aromatic carbocycles. The maximum atomic E-state index is 13.1. The van der Waals surface area contributed by atoms with Crippen LogP contribution in [0, 0.1) is 0 Å². The Balaban J connectivity index is 1.82. The number of fused-ring (bicyclic) bond motifs is 1. The molecule has 0 fully saturated rings. The summed E-state index contributed by atoms with van der Waals surface area (Å²) in [5.74, 6) is -0.220. The van der Waals surface area contributed by atoms with Gasteiger partial charge in [-0.1, -0.05) is 6.92 Å². The van der Waals surface area contributed by atoms with Crippen molar-refractivity contribution in [2.45, 2.75) is 33.0 Å². The van der Waals surface area contributed by atoms with Crippen LogP contribution in [0.15, 0.2) is 41.6 Å². The molecule has 1 aliphatic heterocycles. The summed E-state index contributed by atoms with van der Waals surface area (Å²) >= 11 is 0. The normalized spacial score (nSPS) is 16.0. The molecule has 0 spiro atoms. The maximum Gasteiger partial charge on any atom is 0.278 e. The highest BCUT2D eigenvalue weighted by atomic mass is 16.5. The Morgan fingerprint density at radius 1 is 1.19 bits per heavy atom. The van der Waals surface area contributed by atoms with Gasteiger partial charge in [0.1, 0.15) is 12.8 Å². The molecule has 3 heterocycles. The fourth-order valence-corrected chi connectivity index (χ4v) is 2.89. The minimum Gasteiger partial charge on any atom is -0.482 e. The highest BCUT2D eigenvalue weighted by molar-refractivity contribution is 5.96. The lowest BCUT2D eigenvalue weighted by Crippen LogP contribution is -2.53. The number of amides is 1. The molecule has 1 amide bonds. The van der Waals surface area contributed by atoms with Crippen LogP contribution in [0.2, 0.25) is 0 Å². The number of aromatic nitrogens is 2. The Morgan fingerprint density at radius 2 is 1.96 bits per heavy atom. The van der Waals surface area contributed by atoms with Crippen LogP contribution in [0.5, 0.6) is 5.75 Å². The third-order valence-electron chi connectivity index (χ3n) is 4.27. The summed E-state index contributed by atoms with van der Waals surface area (Å²) in [6.07, 6.45) is 5.55. The summed E-state index contributed by atoms with van der Waals surface area (Å²) < 4.78 is 12.8. The van der Waals surface area contributed by atoms with Crippen molar-refractivity contribution in [2.24, 2.45) is 0 Å². The topological polar surface area (TPSA) is 85.7 Å². The molecule has 144 valence electrons. The first-order valence-electron chi connectivity index (χ1n) is 9.04. The summed E-state index contributed by atoms with van der Waals surface area (Å²) in [5.41, 5.74) is 3.91. The monoisotopic (exact) mass is 372 g/mol. The maximum absolute atomic E-state index is 13.1. The Morgan fingerprint density at radius 3 is 2.70 bits per heavy atom. The van der Waals surface area contributed by atoms with E-state index in [1.165, 1.54) is 6.07 Å². The number of carbonyl (C=O) groups excluding carboxylic acids is 1. The third kappa shape index (κ3) is 4.28. The van der Waals surface area contributed by atoms with Crippen molar-refractivity contribution in [3.63, 3.8) is 0 Å². The van der Waals surface area contributed by atoms with Crippen molar-refractivity contribution in [3.05, 3.63) is 58.3 Å². The predicted molar refractivity (Wildman–Crippen MR) is 100 cm³/mol. The fraction of sp³-hybridized carbons (Fsp3) is 0.421. The molecule has 2 aromatic rings. The number of ether oxygens (including phenoxy) is 2. The van der Waals surface area contributed by atoms with Gasteiger partial charge in [0.25, 0.3) is 5.91 Å². The van der Waals surface area contributed by atoms with Crippen LogP contribution in [-0.4, -0.2) is 46.4 Å². The molecule has 8 nitrogen and oxygen atoms in total. The van der Waals surface area contributed by atoms with E-state index in [9.17, 15) is 9.59 Å². The van der Waals surface area contributed by atoms with Gasteiger partial charge < -0.3 is 19.8 Å². The zero-order chi connectivity index (χ0) is 19.2. The molecule has 8 heteroatoms. The average molecular weight is 372 g/mol. The average Bonchev–Trinajstić information content (AvgIpc) is 2.67. The first-order valence-corrected chi connectivity index (χ1v) is 9.04. The van der Waals surface area contributed by atoms with Crippen molar-refractivity contribution < 1.29 is 14.3 Å². The van der Waals surface area contributed by atoms with Crippen LogP contribution in [0.4, 0.5) is 0 Å². The van der Waals surface area contributed by atoms with Crippen molar-refractivity contribution in [3.8, 4) is 5.75 Å². The molecule has 0 saturated carbocycles. The van der Waals surface area contributed by atoms with E-state index in [1.807, 2.05) is 13.8 Å². The van der Waals surface area contributed by atoms with Crippen molar-refractivity contribution >= 4 is 5.91 Å². The number of nitrogens with one attached hydrogen (secondary N) is 1. The minimum atomic E-state index is -0.331. The van der Waals surface area contributed by atoms with E-state index >= 15 is 0 Å². The predicted octanol–water partition coefficient (Wildman–Crippen LogP) is 1.59. The van der Waals surface area contributed by atoms with E-state index in [1.54, 1.807) is 40.3 Å². The van der Waals surface area contributed by atoms with E-state index in [0.29, 0.717) is 19.8 Å². The number of nitrogens with zero attached hydrogens (tertiary/aromatic N) is 3. The summed E-state index contributed by atoms with van der Waals surface area (Å²) in [7, 11) is 0. The van der Waals surface area contributed by atoms with E-state index in [2.05, 4.69) is 10.4 Å². The molecule has 1 atom stereocenters. The van der Waals surface area contributed by atoms with Gasteiger partial charge in [0.05, 0.1) is 6.61 Å². The van der Waals surface area contributed by atoms with Gasteiger partial charge in [0, 0.05) is 37.8 Å². The van der Waals surface area contributed by atoms with Gasteiger partial charge >= 0.3 is 0 Å². The largest absolute Gasteiger partial charge is 0.482 e. The van der Waals surface area contributed by atoms with Crippen LogP contribution < -0.4 is 15.6 Å². The molecule has 1 unspecified atom stereocenters. The Hall–Kier alpha value is -2.87. The van der Waals surface area contributed by atoms with Gasteiger partial charge in [-0.15, -0.1) is 0 Å². The van der Waals surface area contributed by atoms with Gasteiger partial charge in [-0.2, -0.15) is 0 Å². The SMILES string of the molecule is CCCOCCN1C(=O)c2c(OCc3ccncc3)c(=O)ccn2NC1C. The third-order valence-corrected chi connectivity index (χ3v) is 4.27. The molecule has 0 radical (unpaired) electrons. The lowest BCUT2D eigenvalue weighted by Gasteiger charge is -2.37. The van der Waals surface area contributed by atoms with Crippen molar-refractivity contribution in [1.29, 1.82) is 0 Å². The van der Waals surface area contributed by atoms with Gasteiger partial charge in [-0.3, -0.25) is 19.2 Å². The molecule has 0 saturated heterocycles. The van der Waals surface area contributed by atoms with E-state index in [0.717, 1.165) is 12.0 Å². The van der Waals surface area contributed by atoms with E-state index in [4.69, 9.17) is 9.47 Å². The molecule has 1 aliphatic rings. The highest BCUT2D eigenvalue weighted by Crippen LogP contribution is 2.21. The number of pyridine rings is 2. The molecule has 3 rings (SSSR count). The van der Waals surface area contributed by atoms with Crippen LogP contribution in [0.25, 0.3) is 0 Å². The minimum absolute atomic E-state index is 0.0400. The Bertz CT molecular complexity index is 837. The molecule has 1 N–H and O–H groups in total. The molecule has 0 bridgehead atoms. The lowest BCUT2D eigenvalue weighted by atomic mass is 10.2. The quantitative estimate of drug-likeness (QED) is 0.709. The number of hydrogen-bond donors (Lipinski definition) is 1. The van der Waals surface area contributed by atoms with Crippen LogP contribution in [0.1, 0.15) is 36.3 Å². The lowest BCUT2D eigenvalue weighted by molar-refractivity contribution is 0.0520. The van der Waals surface area contributed by atoms with Crippen LogP contribution in [0.3, 0.4) is 0 Å². The number of hydrogen-bond acceptors (Lipinski definition) is 6. The highest BCUT2D eigenvalue weighted by Gasteiger charge is 2.32. The molecule has 2 aromatic heterocycles. The van der Waals surface area contributed by atoms with Gasteiger partial charge in [-0.05, 0) is 31.0 Å². The van der Waals surface area contributed by atoms with Crippen LogP contribution >= 0.6 is 0 Å². The van der Waals surface area contributed by atoms with Gasteiger partial charge in [0.2, 0.25) is 5.43 Å². The molecule has 27 heavy (non-hydrogen) atoms. The molecular formula is C19H24N4O4. The van der Waals surface area contributed by atoms with Crippen molar-refractivity contribution in [1.82, 2.24) is 14.6 Å². The summed E-state index contributed by atoms with van der Waals surface area (Å²) in [6.45, 7) is 5.62. The van der Waals surface area contributed by atoms with Crippen LogP contribution in [-0.2, 0) is 11.3 Å². The second-order valence-corrected chi connectivity index (χ2v) is 6.29. The second kappa shape index (κ2) is 8.68. The van der Waals surface area contributed by atoms with Gasteiger partial charge in [-0.25, -0.2) is 0 Å². The number of carbonyl (C=O) groups is 1. The van der Waals surface area contributed by atoms with Gasteiger partial charge in [0.15, 0.2) is 11.4 Å². The smallest absolute Gasteiger partial charge is 0.278 e. The number of rotatable bonds is 8. The zero-order valence-electron chi connectivity index (χ0n) is 15.6. The zero-order valence-corrected chi connectivity index (χ0v) is 15.6. The standard InChI is InChI=1S/C19H24N4O4/c1-3-11-26-12-10-22-14(2)21-23-9-6-16(24)18(17(23)19(22)25)27-13-15-4-7-20-8-5-15/h4-9,14,21H,3,10-13H2,1-2H3. The van der Waals surface area contributed by atoms with E-state index < -0.39 is 0 Å². The first-order chi connectivity index (χ1) is 13.1. The summed E-state index contributed by atoms with van der Waals surface area (Å²) in [5, 5.41) is 0. The summed E-state index contributed by atoms with van der Waals surface area (Å²) in [4.78, 5) is 31.0. The molecular weight excluding hydrogens is 348 g/mol. The van der Waals surface area contributed by atoms with E-state index in [-0.39, 0.29) is 35.6 Å². The molecule has 0 aliphatic carbocycles. The second-order valence-electron chi connectivity index (χ2n) is 6.29. The summed E-state index contributed by atoms with van der Waals surface area (Å²) in [6, 6.07) is 4.98.